The van der Waals surface area contributed by atoms with E-state index in [1.165, 1.54) is 17.2 Å². The van der Waals surface area contributed by atoms with Gasteiger partial charge in [-0.3, -0.25) is 0 Å². The lowest BCUT2D eigenvalue weighted by Crippen LogP contribution is -2.42. The first kappa shape index (κ1) is 12.2. The molecule has 1 fully saturated rings. The molecule has 1 saturated carbocycles. The van der Waals surface area contributed by atoms with Crippen LogP contribution in [0.15, 0.2) is 10.9 Å². The predicted molar refractivity (Wildman–Crippen MR) is 72.2 cm³/mol. The molecule has 0 saturated heterocycles. The molecule has 0 aromatic carbocycles. The third kappa shape index (κ3) is 2.21. The summed E-state index contributed by atoms with van der Waals surface area (Å²) in [6, 6.07) is 2.17. The van der Waals surface area contributed by atoms with Crippen LogP contribution in [0.2, 0.25) is 0 Å². The fourth-order valence-electron chi connectivity index (χ4n) is 2.70. The summed E-state index contributed by atoms with van der Waals surface area (Å²) in [5.41, 5.74) is 6.42. The van der Waals surface area contributed by atoms with Crippen molar-refractivity contribution in [2.45, 2.75) is 44.7 Å². The van der Waals surface area contributed by atoms with E-state index in [2.05, 4.69) is 20.5 Å². The summed E-state index contributed by atoms with van der Waals surface area (Å²) in [6.07, 6.45) is 4.48. The zero-order valence-corrected chi connectivity index (χ0v) is 10.9. The van der Waals surface area contributed by atoms with Crippen LogP contribution in [-0.2, 0) is 0 Å². The van der Waals surface area contributed by atoms with E-state index in [-0.39, 0.29) is 17.8 Å². The third-order valence-electron chi connectivity index (χ3n) is 3.72. The number of hydrogen-bond acceptors (Lipinski definition) is 5. The number of fused-ring (bicyclic) bond motifs is 1. The average Bonchev–Trinajstić information content (AvgIpc) is 2.74. The maximum atomic E-state index is 11.5. The molecule has 0 amide bonds. The number of rotatable bonds is 2. The Labute approximate surface area is 110 Å². The van der Waals surface area contributed by atoms with Crippen molar-refractivity contribution in [3.63, 3.8) is 0 Å². The molecule has 0 spiro atoms. The number of H-pyrrole nitrogens is 1. The molecule has 102 valence electrons. The Kier molecular flexibility index (Phi) is 2.98. The van der Waals surface area contributed by atoms with Gasteiger partial charge in [0, 0.05) is 18.2 Å². The van der Waals surface area contributed by atoms with Crippen LogP contribution in [0.1, 0.15) is 31.5 Å². The molecule has 1 aliphatic carbocycles. The van der Waals surface area contributed by atoms with Gasteiger partial charge in [-0.2, -0.15) is 5.10 Å². The van der Waals surface area contributed by atoms with E-state index < -0.39 is 0 Å². The van der Waals surface area contributed by atoms with Crippen LogP contribution in [0, 0.1) is 6.92 Å². The van der Waals surface area contributed by atoms with Crippen molar-refractivity contribution in [3.05, 3.63) is 22.4 Å². The van der Waals surface area contributed by atoms with Crippen LogP contribution in [0.25, 0.3) is 5.65 Å². The van der Waals surface area contributed by atoms with Gasteiger partial charge in [0.1, 0.15) is 11.6 Å². The summed E-state index contributed by atoms with van der Waals surface area (Å²) in [5, 5.41) is 9.76. The second kappa shape index (κ2) is 4.65. The quantitative estimate of drug-likeness (QED) is 0.727. The van der Waals surface area contributed by atoms with Gasteiger partial charge in [-0.25, -0.2) is 19.3 Å². The van der Waals surface area contributed by atoms with Gasteiger partial charge in [0.15, 0.2) is 5.65 Å². The maximum absolute atomic E-state index is 11.5. The van der Waals surface area contributed by atoms with Crippen molar-refractivity contribution in [1.29, 1.82) is 0 Å². The second-order valence-corrected chi connectivity index (χ2v) is 5.11. The summed E-state index contributed by atoms with van der Waals surface area (Å²) in [5.74, 6) is 1.34. The minimum atomic E-state index is -0.263. The molecule has 2 heterocycles. The number of anilines is 1. The van der Waals surface area contributed by atoms with Gasteiger partial charge in [0.2, 0.25) is 0 Å². The van der Waals surface area contributed by atoms with Crippen LogP contribution in [-0.4, -0.2) is 31.7 Å². The summed E-state index contributed by atoms with van der Waals surface area (Å²) in [7, 11) is 0. The molecular formula is C12H18N6O. The SMILES string of the molecule is Cc1nc(NC2CCCCC2N)cc2n[nH]c(=O)n12. The van der Waals surface area contributed by atoms with Crippen LogP contribution in [0.4, 0.5) is 5.82 Å². The van der Waals surface area contributed by atoms with Gasteiger partial charge < -0.3 is 11.1 Å². The number of nitrogens with zero attached hydrogens (tertiary/aromatic N) is 3. The van der Waals surface area contributed by atoms with E-state index in [9.17, 15) is 4.79 Å². The average molecular weight is 262 g/mol. The molecule has 0 bridgehead atoms. The van der Waals surface area contributed by atoms with Crippen molar-refractivity contribution in [2.75, 3.05) is 5.32 Å². The first-order valence-corrected chi connectivity index (χ1v) is 6.62. The highest BCUT2D eigenvalue weighted by atomic mass is 16.1. The largest absolute Gasteiger partial charge is 0.366 e. The van der Waals surface area contributed by atoms with Gasteiger partial charge in [0.05, 0.1) is 0 Å². The van der Waals surface area contributed by atoms with Gasteiger partial charge >= 0.3 is 5.69 Å². The molecule has 2 aromatic rings. The van der Waals surface area contributed by atoms with Crippen LogP contribution >= 0.6 is 0 Å². The highest BCUT2D eigenvalue weighted by Crippen LogP contribution is 2.20. The van der Waals surface area contributed by atoms with E-state index >= 15 is 0 Å². The molecule has 2 aromatic heterocycles. The molecule has 7 heteroatoms. The molecule has 0 radical (unpaired) electrons. The van der Waals surface area contributed by atoms with Crippen molar-refractivity contribution in [2.24, 2.45) is 5.73 Å². The van der Waals surface area contributed by atoms with Crippen molar-refractivity contribution in [3.8, 4) is 0 Å². The number of nitrogens with two attached hydrogens (primary N) is 1. The number of aromatic amines is 1. The Hall–Kier alpha value is -1.89. The Balaban J connectivity index is 1.91. The Bertz CT molecular complexity index is 645. The number of nitrogens with one attached hydrogen (secondary N) is 2. The smallest absolute Gasteiger partial charge is 0.349 e. The molecule has 0 aliphatic heterocycles. The lowest BCUT2D eigenvalue weighted by Gasteiger charge is -2.29. The first-order chi connectivity index (χ1) is 9.15. The molecule has 2 atom stereocenters. The number of hydrogen-bond donors (Lipinski definition) is 3. The van der Waals surface area contributed by atoms with Gasteiger partial charge in [-0.15, -0.1) is 0 Å². The monoisotopic (exact) mass is 262 g/mol. The molecule has 1 aliphatic rings. The molecule has 3 rings (SSSR count). The molecular weight excluding hydrogens is 244 g/mol. The fraction of sp³-hybridized carbons (Fsp3) is 0.583. The van der Waals surface area contributed by atoms with E-state index in [1.54, 1.807) is 13.0 Å². The lowest BCUT2D eigenvalue weighted by atomic mass is 9.91. The van der Waals surface area contributed by atoms with E-state index in [0.717, 1.165) is 18.7 Å². The summed E-state index contributed by atoms with van der Waals surface area (Å²) in [4.78, 5) is 15.9. The van der Waals surface area contributed by atoms with Gasteiger partial charge in [-0.1, -0.05) is 12.8 Å². The minimum absolute atomic E-state index is 0.161. The Morgan fingerprint density at radius 2 is 2.26 bits per heavy atom. The molecule has 4 N–H and O–H groups in total. The zero-order valence-electron chi connectivity index (χ0n) is 10.9. The minimum Gasteiger partial charge on any atom is -0.366 e. The maximum Gasteiger partial charge on any atom is 0.349 e. The van der Waals surface area contributed by atoms with Crippen molar-refractivity contribution < 1.29 is 0 Å². The van der Waals surface area contributed by atoms with E-state index in [4.69, 9.17) is 5.73 Å². The van der Waals surface area contributed by atoms with E-state index in [1.807, 2.05) is 0 Å². The first-order valence-electron chi connectivity index (χ1n) is 6.62. The predicted octanol–water partition coefficient (Wildman–Crippen LogP) is 0.408. The summed E-state index contributed by atoms with van der Waals surface area (Å²) < 4.78 is 1.45. The Morgan fingerprint density at radius 3 is 3.05 bits per heavy atom. The summed E-state index contributed by atoms with van der Waals surface area (Å²) >= 11 is 0. The number of aromatic nitrogens is 4. The molecule has 2 unspecified atom stereocenters. The lowest BCUT2D eigenvalue weighted by molar-refractivity contribution is 0.403. The third-order valence-corrected chi connectivity index (χ3v) is 3.72. The van der Waals surface area contributed by atoms with Crippen molar-refractivity contribution >= 4 is 11.5 Å². The van der Waals surface area contributed by atoms with Crippen LogP contribution < -0.4 is 16.7 Å². The topological polar surface area (TPSA) is 101 Å². The second-order valence-electron chi connectivity index (χ2n) is 5.11. The molecule has 7 nitrogen and oxygen atoms in total. The van der Waals surface area contributed by atoms with Crippen LogP contribution in [0.5, 0.6) is 0 Å². The fourth-order valence-corrected chi connectivity index (χ4v) is 2.70. The van der Waals surface area contributed by atoms with Gasteiger partial charge in [0.25, 0.3) is 0 Å². The highest BCUT2D eigenvalue weighted by Gasteiger charge is 2.22. The highest BCUT2D eigenvalue weighted by molar-refractivity contribution is 5.50. The normalized spacial score (nSPS) is 23.7. The zero-order chi connectivity index (χ0) is 13.4. The van der Waals surface area contributed by atoms with Gasteiger partial charge in [-0.05, 0) is 19.8 Å². The Morgan fingerprint density at radius 1 is 1.47 bits per heavy atom. The summed E-state index contributed by atoms with van der Waals surface area (Å²) in [6.45, 7) is 1.79. The van der Waals surface area contributed by atoms with E-state index in [0.29, 0.717) is 11.5 Å². The number of aryl methyl sites for hydroxylation is 1. The molecule has 19 heavy (non-hydrogen) atoms. The standard InChI is InChI=1S/C12H18N6O/c1-7-14-10(6-11-16-17-12(19)18(7)11)15-9-5-3-2-4-8(9)13/h6,8-9,15H,2-5,13H2,1H3,(H,17,19). The van der Waals surface area contributed by atoms with Crippen LogP contribution in [0.3, 0.4) is 0 Å². The van der Waals surface area contributed by atoms with Crippen molar-refractivity contribution in [1.82, 2.24) is 19.6 Å².